The highest BCUT2D eigenvalue weighted by molar-refractivity contribution is 5.76. The van der Waals surface area contributed by atoms with Crippen LogP contribution in [0.1, 0.15) is 322 Å². The number of unbranched alkanes of at least 4 members (excludes halogenated alkanes) is 40. The highest BCUT2D eigenvalue weighted by atomic mass is 16.7. The minimum atomic E-state index is -1.58. The Labute approximate surface area is 497 Å². The van der Waals surface area contributed by atoms with Crippen molar-refractivity contribution in [1.29, 1.82) is 0 Å². The van der Waals surface area contributed by atoms with E-state index < -0.39 is 49.5 Å². The quantitative estimate of drug-likeness (QED) is 0.0195. The summed E-state index contributed by atoms with van der Waals surface area (Å²) in [5.74, 6) is -0.187. The van der Waals surface area contributed by atoms with Gasteiger partial charge < -0.3 is 45.1 Å². The van der Waals surface area contributed by atoms with Crippen LogP contribution in [0, 0.1) is 0 Å². The zero-order valence-corrected chi connectivity index (χ0v) is 52.5. The molecule has 11 nitrogen and oxygen atoms in total. The predicted octanol–water partition coefficient (Wildman–Crippen LogP) is 17.2. The van der Waals surface area contributed by atoms with Gasteiger partial charge in [-0.15, -0.1) is 0 Å². The van der Waals surface area contributed by atoms with Crippen LogP contribution in [0.5, 0.6) is 0 Å². The first-order valence-electron chi connectivity index (χ1n) is 34.4. The molecule has 474 valence electrons. The van der Waals surface area contributed by atoms with E-state index in [-0.39, 0.29) is 18.5 Å². The lowest BCUT2D eigenvalue weighted by Gasteiger charge is -2.40. The summed E-state index contributed by atoms with van der Waals surface area (Å²) < 4.78 is 16.7. The van der Waals surface area contributed by atoms with Gasteiger partial charge in [0.25, 0.3) is 0 Å². The molecular weight excluding hydrogens is 1010 g/mol. The molecule has 1 saturated heterocycles. The molecule has 1 heterocycles. The number of amides is 1. The summed E-state index contributed by atoms with van der Waals surface area (Å²) in [5.41, 5.74) is 0. The minimum Gasteiger partial charge on any atom is -0.466 e. The van der Waals surface area contributed by atoms with Gasteiger partial charge in [0.1, 0.15) is 24.4 Å². The summed E-state index contributed by atoms with van der Waals surface area (Å²) in [6.45, 7) is 4.29. The maximum absolute atomic E-state index is 13.0. The summed E-state index contributed by atoms with van der Waals surface area (Å²) in [7, 11) is 0. The summed E-state index contributed by atoms with van der Waals surface area (Å²) in [5, 5.41) is 54.2. The molecule has 1 aliphatic heterocycles. The van der Waals surface area contributed by atoms with Crippen molar-refractivity contribution in [2.75, 3.05) is 19.8 Å². The van der Waals surface area contributed by atoms with Crippen molar-refractivity contribution < 1.29 is 49.3 Å². The maximum Gasteiger partial charge on any atom is 0.305 e. The Morgan fingerprint density at radius 2 is 0.840 bits per heavy atom. The first-order valence-corrected chi connectivity index (χ1v) is 34.4. The zero-order chi connectivity index (χ0) is 58.7. The molecule has 1 rings (SSSR count). The predicted molar refractivity (Wildman–Crippen MR) is 338 cm³/mol. The summed E-state index contributed by atoms with van der Waals surface area (Å²) in [6, 6.07) is -0.826. The molecule has 0 aromatic heterocycles. The third-order valence-corrected chi connectivity index (χ3v) is 16.2. The smallest absolute Gasteiger partial charge is 0.305 e. The molecule has 1 amide bonds. The van der Waals surface area contributed by atoms with Gasteiger partial charge in [0.05, 0.1) is 32.0 Å². The SMILES string of the molecule is CCCCC/C=C/CC/C=C/C(O)C(COC1OC(CO)C(O)C(O)C1O)NC(=O)CCCCCCCCCCCCCCCCC/C=C\C/C=C\CCCCCCCCCCCOC(=O)CCCCCCCCCCCCCCC. The van der Waals surface area contributed by atoms with E-state index >= 15 is 0 Å². The van der Waals surface area contributed by atoms with E-state index in [2.05, 4.69) is 55.6 Å². The zero-order valence-electron chi connectivity index (χ0n) is 52.5. The van der Waals surface area contributed by atoms with E-state index in [0.717, 1.165) is 64.2 Å². The van der Waals surface area contributed by atoms with Crippen LogP contribution in [-0.2, 0) is 23.8 Å². The topological polar surface area (TPSA) is 175 Å². The van der Waals surface area contributed by atoms with Crippen molar-refractivity contribution >= 4 is 11.9 Å². The van der Waals surface area contributed by atoms with E-state index in [4.69, 9.17) is 14.2 Å². The number of allylic oxidation sites excluding steroid dienone is 7. The molecule has 11 heteroatoms. The Balaban J connectivity index is 1.94. The Kier molecular flexibility index (Phi) is 56.2. The highest BCUT2D eigenvalue weighted by Gasteiger charge is 2.44. The highest BCUT2D eigenvalue weighted by Crippen LogP contribution is 2.23. The number of carbonyl (C=O) groups is 2. The average Bonchev–Trinajstić information content (AvgIpc) is 3.48. The first-order chi connectivity index (χ1) is 39.7. The molecule has 7 atom stereocenters. The normalized spacial score (nSPS) is 18.5. The Morgan fingerprint density at radius 1 is 0.457 bits per heavy atom. The van der Waals surface area contributed by atoms with Crippen LogP contribution >= 0.6 is 0 Å². The lowest BCUT2D eigenvalue weighted by Crippen LogP contribution is -2.60. The third kappa shape index (κ3) is 48.5. The average molecular weight is 1140 g/mol. The number of hydrogen-bond acceptors (Lipinski definition) is 10. The monoisotopic (exact) mass is 1140 g/mol. The Morgan fingerprint density at radius 3 is 1.32 bits per heavy atom. The molecule has 1 aliphatic rings. The molecule has 0 aromatic carbocycles. The minimum absolute atomic E-state index is 0.00643. The number of aliphatic hydroxyl groups is 5. The second-order valence-corrected chi connectivity index (χ2v) is 23.9. The van der Waals surface area contributed by atoms with Crippen molar-refractivity contribution in [2.45, 2.75) is 365 Å². The first kappa shape index (κ1) is 76.6. The largest absolute Gasteiger partial charge is 0.466 e. The number of nitrogens with one attached hydrogen (secondary N) is 1. The molecule has 1 fully saturated rings. The number of rotatable bonds is 60. The van der Waals surface area contributed by atoms with Crippen molar-refractivity contribution in [2.24, 2.45) is 0 Å². The maximum atomic E-state index is 13.0. The Bertz CT molecular complexity index is 1480. The second-order valence-electron chi connectivity index (χ2n) is 23.9. The van der Waals surface area contributed by atoms with Crippen molar-refractivity contribution in [1.82, 2.24) is 5.32 Å². The van der Waals surface area contributed by atoms with Crippen LogP contribution in [0.2, 0.25) is 0 Å². The lowest BCUT2D eigenvalue weighted by molar-refractivity contribution is -0.302. The molecule has 0 spiro atoms. The fourth-order valence-corrected chi connectivity index (χ4v) is 10.7. The number of ether oxygens (including phenoxy) is 3. The van der Waals surface area contributed by atoms with Crippen molar-refractivity contribution in [3.8, 4) is 0 Å². The van der Waals surface area contributed by atoms with E-state index in [1.54, 1.807) is 6.08 Å². The molecule has 81 heavy (non-hydrogen) atoms. The molecule has 6 N–H and O–H groups in total. The fourth-order valence-electron chi connectivity index (χ4n) is 10.7. The summed E-state index contributed by atoms with van der Waals surface area (Å²) >= 11 is 0. The molecule has 7 unspecified atom stereocenters. The molecule has 0 saturated carbocycles. The standard InChI is InChI=1S/C70H129NO10/c1-3-5-7-9-11-13-14-34-38-42-46-50-54-58-66(75)79-59-55-51-47-43-39-36-33-31-29-27-25-23-21-19-17-15-16-18-20-22-24-26-28-30-32-35-37-41-45-49-53-57-65(74)71-62(63(73)56-52-48-44-40-12-10-8-6-4-2)61-80-70-69(78)68(77)67(76)64(60-72)81-70/h12,17,19,23,25,40,52,56,62-64,67-70,72-73,76-78H,3-11,13-16,18,20-22,24,26-39,41-51,53-55,57-61H2,1-2H3,(H,71,74)/b19-17-,25-23-,40-12+,56-52+. The van der Waals surface area contributed by atoms with E-state index in [1.165, 1.54) is 231 Å². The van der Waals surface area contributed by atoms with Gasteiger partial charge in [-0.3, -0.25) is 9.59 Å². The van der Waals surface area contributed by atoms with E-state index in [1.807, 2.05) is 6.08 Å². The third-order valence-electron chi connectivity index (χ3n) is 16.2. The van der Waals surface area contributed by atoms with Crippen LogP contribution in [0.15, 0.2) is 48.6 Å². The molecule has 0 bridgehead atoms. The van der Waals surface area contributed by atoms with Crippen molar-refractivity contribution in [3.63, 3.8) is 0 Å². The fraction of sp³-hybridized carbons (Fsp3) is 0.857. The van der Waals surface area contributed by atoms with Crippen LogP contribution in [0.3, 0.4) is 0 Å². The van der Waals surface area contributed by atoms with Crippen molar-refractivity contribution in [3.05, 3.63) is 48.6 Å². The molecule has 0 radical (unpaired) electrons. The Hall–Kier alpha value is -2.38. The molecule has 0 aromatic rings. The van der Waals surface area contributed by atoms with Gasteiger partial charge in [0, 0.05) is 12.8 Å². The van der Waals surface area contributed by atoms with Gasteiger partial charge in [-0.25, -0.2) is 0 Å². The van der Waals surface area contributed by atoms with E-state index in [0.29, 0.717) is 19.4 Å². The second kappa shape index (κ2) is 59.4. The van der Waals surface area contributed by atoms with Crippen LogP contribution < -0.4 is 5.32 Å². The summed E-state index contributed by atoms with van der Waals surface area (Å²) in [6.07, 6.45) is 66.9. The number of aliphatic hydroxyl groups excluding tert-OH is 5. The van der Waals surface area contributed by atoms with Gasteiger partial charge in [0.2, 0.25) is 5.91 Å². The van der Waals surface area contributed by atoms with E-state index in [9.17, 15) is 35.1 Å². The van der Waals surface area contributed by atoms with Crippen LogP contribution in [0.4, 0.5) is 0 Å². The number of carbonyl (C=O) groups excluding carboxylic acids is 2. The summed E-state index contributed by atoms with van der Waals surface area (Å²) in [4.78, 5) is 25.1. The van der Waals surface area contributed by atoms with Gasteiger partial charge >= 0.3 is 5.97 Å². The molecule has 0 aliphatic carbocycles. The van der Waals surface area contributed by atoms with Gasteiger partial charge in [-0.2, -0.15) is 0 Å². The number of hydrogen-bond donors (Lipinski definition) is 6. The van der Waals surface area contributed by atoms with Crippen LogP contribution in [-0.4, -0.2) is 100 Å². The van der Waals surface area contributed by atoms with Gasteiger partial charge in [-0.05, 0) is 77.0 Å². The van der Waals surface area contributed by atoms with Gasteiger partial charge in [0.15, 0.2) is 6.29 Å². The van der Waals surface area contributed by atoms with Crippen LogP contribution in [0.25, 0.3) is 0 Å². The van der Waals surface area contributed by atoms with Gasteiger partial charge in [-0.1, -0.05) is 281 Å². The number of esters is 1. The lowest BCUT2D eigenvalue weighted by atomic mass is 9.99. The molecular formula is C70H129NO10.